The van der Waals surface area contributed by atoms with Crippen LogP contribution in [0.25, 0.3) is 0 Å². The number of hydrogen-bond acceptors (Lipinski definition) is 4. The number of hydrogen-bond donors (Lipinski definition) is 2. The number of piperazine rings is 1. The monoisotopic (exact) mass is 280 g/mol. The number of carbonyl (C=O) groups is 1. The van der Waals surface area contributed by atoms with Gasteiger partial charge in [0.15, 0.2) is 5.11 Å². The van der Waals surface area contributed by atoms with Crippen LogP contribution in [0.4, 0.5) is 11.4 Å². The van der Waals surface area contributed by atoms with Crippen LogP contribution in [-0.2, 0) is 4.79 Å². The average Bonchev–Trinajstić information content (AvgIpc) is 2.39. The zero-order valence-corrected chi connectivity index (χ0v) is 10.8. The zero-order valence-electron chi connectivity index (χ0n) is 9.96. The van der Waals surface area contributed by atoms with E-state index >= 15 is 0 Å². The van der Waals surface area contributed by atoms with Crippen LogP contribution in [0, 0.1) is 10.1 Å². The number of carbonyl (C=O) groups excluding carboxylic acids is 1. The molecule has 2 rings (SSSR count). The third-order valence-electron chi connectivity index (χ3n) is 2.65. The summed E-state index contributed by atoms with van der Waals surface area (Å²) < 4.78 is 0. The lowest BCUT2D eigenvalue weighted by atomic mass is 10.3. The van der Waals surface area contributed by atoms with Gasteiger partial charge in [-0.3, -0.25) is 14.9 Å². The first-order valence-corrected chi connectivity index (χ1v) is 6.04. The van der Waals surface area contributed by atoms with E-state index in [2.05, 4.69) is 10.6 Å². The molecular weight excluding hydrogens is 268 g/mol. The van der Waals surface area contributed by atoms with Gasteiger partial charge in [0, 0.05) is 30.9 Å². The summed E-state index contributed by atoms with van der Waals surface area (Å²) in [5.74, 6) is -0.0703. The van der Waals surface area contributed by atoms with E-state index in [1.807, 2.05) is 0 Å². The van der Waals surface area contributed by atoms with Gasteiger partial charge in [0.2, 0.25) is 5.91 Å². The Labute approximate surface area is 114 Å². The maximum atomic E-state index is 11.2. The lowest BCUT2D eigenvalue weighted by Crippen LogP contribution is -2.51. The third-order valence-corrected chi connectivity index (χ3v) is 3.02. The third kappa shape index (κ3) is 3.38. The number of benzene rings is 1. The summed E-state index contributed by atoms with van der Waals surface area (Å²) >= 11 is 5.19. The highest BCUT2D eigenvalue weighted by Gasteiger charge is 2.18. The standard InChI is InChI=1S/C11H12N4O3S/c16-10-7-14(6-5-12-10)11(19)13-8-1-3-9(4-2-8)15(17)18/h1-4H,5-7H2,(H,12,16)(H,13,19). The van der Waals surface area contributed by atoms with Crippen molar-refractivity contribution < 1.29 is 9.72 Å². The molecule has 0 unspecified atom stereocenters. The lowest BCUT2D eigenvalue weighted by molar-refractivity contribution is -0.384. The Hall–Kier alpha value is -2.22. The van der Waals surface area contributed by atoms with Crippen molar-refractivity contribution in [3.63, 3.8) is 0 Å². The highest BCUT2D eigenvalue weighted by molar-refractivity contribution is 7.80. The Bertz CT molecular complexity index is 517. The molecule has 0 aliphatic carbocycles. The minimum Gasteiger partial charge on any atom is -0.353 e. The van der Waals surface area contributed by atoms with Gasteiger partial charge in [0.05, 0.1) is 11.5 Å². The molecule has 0 saturated carbocycles. The molecule has 100 valence electrons. The molecule has 1 amide bonds. The summed E-state index contributed by atoms with van der Waals surface area (Å²) in [7, 11) is 0. The Balaban J connectivity index is 1.98. The second kappa shape index (κ2) is 5.61. The van der Waals surface area contributed by atoms with Crippen LogP contribution in [0.3, 0.4) is 0 Å². The normalized spacial score (nSPS) is 14.7. The van der Waals surface area contributed by atoms with E-state index in [9.17, 15) is 14.9 Å². The van der Waals surface area contributed by atoms with Crippen molar-refractivity contribution >= 4 is 34.6 Å². The second-order valence-electron chi connectivity index (χ2n) is 4.01. The number of rotatable bonds is 2. The van der Waals surface area contributed by atoms with Gasteiger partial charge < -0.3 is 15.5 Å². The van der Waals surface area contributed by atoms with E-state index < -0.39 is 4.92 Å². The van der Waals surface area contributed by atoms with Gasteiger partial charge in [-0.2, -0.15) is 0 Å². The second-order valence-corrected chi connectivity index (χ2v) is 4.39. The van der Waals surface area contributed by atoms with E-state index in [0.29, 0.717) is 23.9 Å². The molecule has 1 aliphatic rings. The molecule has 0 radical (unpaired) electrons. The summed E-state index contributed by atoms with van der Waals surface area (Å²) in [6.45, 7) is 1.42. The molecule has 0 atom stereocenters. The van der Waals surface area contributed by atoms with Gasteiger partial charge in [0.1, 0.15) is 0 Å². The first kappa shape index (κ1) is 13.2. The molecule has 1 aromatic rings. The molecule has 2 N–H and O–H groups in total. The number of nitro groups is 1. The predicted molar refractivity (Wildman–Crippen MR) is 73.9 cm³/mol. The van der Waals surface area contributed by atoms with E-state index in [-0.39, 0.29) is 18.1 Å². The minimum atomic E-state index is -0.461. The van der Waals surface area contributed by atoms with Crippen LogP contribution in [-0.4, -0.2) is 40.5 Å². The van der Waals surface area contributed by atoms with Gasteiger partial charge in [-0.25, -0.2) is 0 Å². The van der Waals surface area contributed by atoms with Gasteiger partial charge in [0.25, 0.3) is 5.69 Å². The molecule has 1 heterocycles. The molecule has 1 aromatic carbocycles. The Morgan fingerprint density at radius 1 is 1.42 bits per heavy atom. The predicted octanol–water partition coefficient (Wildman–Crippen LogP) is 0.723. The Kier molecular flexibility index (Phi) is 3.91. The molecule has 0 aromatic heterocycles. The van der Waals surface area contributed by atoms with Crippen molar-refractivity contribution in [1.82, 2.24) is 10.2 Å². The summed E-state index contributed by atoms with van der Waals surface area (Å²) in [5.41, 5.74) is 0.676. The number of nitrogens with zero attached hydrogens (tertiary/aromatic N) is 2. The molecule has 7 nitrogen and oxygen atoms in total. The summed E-state index contributed by atoms with van der Waals surface area (Å²) in [6.07, 6.45) is 0. The molecule has 1 aliphatic heterocycles. The molecule has 8 heteroatoms. The van der Waals surface area contributed by atoms with Crippen molar-refractivity contribution in [2.75, 3.05) is 25.0 Å². The SMILES string of the molecule is O=C1CN(C(=S)Nc2ccc([N+](=O)[O-])cc2)CCN1. The number of nitro benzene ring substituents is 1. The first-order valence-electron chi connectivity index (χ1n) is 5.63. The largest absolute Gasteiger partial charge is 0.353 e. The lowest BCUT2D eigenvalue weighted by Gasteiger charge is -2.29. The van der Waals surface area contributed by atoms with E-state index in [0.717, 1.165) is 0 Å². The van der Waals surface area contributed by atoms with Crippen LogP contribution in [0.15, 0.2) is 24.3 Å². The topological polar surface area (TPSA) is 87.5 Å². The highest BCUT2D eigenvalue weighted by Crippen LogP contribution is 2.15. The fraction of sp³-hybridized carbons (Fsp3) is 0.273. The molecule has 0 spiro atoms. The van der Waals surface area contributed by atoms with Crippen LogP contribution in [0.1, 0.15) is 0 Å². The van der Waals surface area contributed by atoms with Gasteiger partial charge in [-0.1, -0.05) is 0 Å². The Morgan fingerprint density at radius 2 is 2.11 bits per heavy atom. The molecule has 1 saturated heterocycles. The van der Waals surface area contributed by atoms with E-state index in [1.165, 1.54) is 12.1 Å². The van der Waals surface area contributed by atoms with Crippen LogP contribution < -0.4 is 10.6 Å². The smallest absolute Gasteiger partial charge is 0.269 e. The van der Waals surface area contributed by atoms with Crippen molar-refractivity contribution in [2.24, 2.45) is 0 Å². The maximum Gasteiger partial charge on any atom is 0.269 e. The van der Waals surface area contributed by atoms with Crippen molar-refractivity contribution in [1.29, 1.82) is 0 Å². The van der Waals surface area contributed by atoms with Crippen LogP contribution >= 0.6 is 12.2 Å². The molecular formula is C11H12N4O3S. The summed E-state index contributed by atoms with van der Waals surface area (Å²) in [6, 6.07) is 5.95. The fourth-order valence-electron chi connectivity index (χ4n) is 1.68. The number of thiocarbonyl (C=S) groups is 1. The maximum absolute atomic E-state index is 11.2. The fourth-order valence-corrected chi connectivity index (χ4v) is 1.95. The minimum absolute atomic E-state index is 0.0221. The quantitative estimate of drug-likeness (QED) is 0.471. The van der Waals surface area contributed by atoms with Crippen LogP contribution in [0.5, 0.6) is 0 Å². The first-order chi connectivity index (χ1) is 9.06. The Morgan fingerprint density at radius 3 is 2.68 bits per heavy atom. The van der Waals surface area contributed by atoms with Crippen molar-refractivity contribution in [2.45, 2.75) is 0 Å². The zero-order chi connectivity index (χ0) is 13.8. The van der Waals surface area contributed by atoms with Gasteiger partial charge in [-0.15, -0.1) is 0 Å². The summed E-state index contributed by atoms with van der Waals surface area (Å²) in [5, 5.41) is 16.6. The van der Waals surface area contributed by atoms with Gasteiger partial charge in [-0.05, 0) is 24.4 Å². The van der Waals surface area contributed by atoms with Crippen LogP contribution in [0.2, 0.25) is 0 Å². The molecule has 19 heavy (non-hydrogen) atoms. The number of anilines is 1. The number of nitrogens with one attached hydrogen (secondary N) is 2. The average molecular weight is 280 g/mol. The molecule has 0 bridgehead atoms. The van der Waals surface area contributed by atoms with Crippen molar-refractivity contribution in [3.8, 4) is 0 Å². The molecule has 1 fully saturated rings. The van der Waals surface area contributed by atoms with E-state index in [4.69, 9.17) is 12.2 Å². The number of non-ortho nitro benzene ring substituents is 1. The highest BCUT2D eigenvalue weighted by atomic mass is 32.1. The summed E-state index contributed by atoms with van der Waals surface area (Å²) in [4.78, 5) is 23.0. The van der Waals surface area contributed by atoms with Gasteiger partial charge >= 0.3 is 0 Å². The van der Waals surface area contributed by atoms with Crippen molar-refractivity contribution in [3.05, 3.63) is 34.4 Å². The number of amides is 1. The van der Waals surface area contributed by atoms with E-state index in [1.54, 1.807) is 17.0 Å².